The molecular weight excluding hydrogens is 388 g/mol. The predicted octanol–water partition coefficient (Wildman–Crippen LogP) is 2.24. The Bertz CT molecular complexity index is 897. The highest BCUT2D eigenvalue weighted by atomic mass is 16.7. The van der Waals surface area contributed by atoms with E-state index in [2.05, 4.69) is 10.2 Å². The second-order valence-electron chi connectivity index (χ2n) is 7.06. The van der Waals surface area contributed by atoms with Crippen LogP contribution in [0.25, 0.3) is 0 Å². The summed E-state index contributed by atoms with van der Waals surface area (Å²) in [5.41, 5.74) is 1.58. The summed E-state index contributed by atoms with van der Waals surface area (Å²) >= 11 is 0. The highest BCUT2D eigenvalue weighted by Crippen LogP contribution is 2.35. The number of hydrogen-bond donors (Lipinski definition) is 1. The fraction of sp³-hybridized carbons (Fsp3) is 0.409. The Morgan fingerprint density at radius 2 is 1.80 bits per heavy atom. The van der Waals surface area contributed by atoms with Crippen LogP contribution in [0.1, 0.15) is 22.0 Å². The molecule has 1 fully saturated rings. The van der Waals surface area contributed by atoms with Gasteiger partial charge in [0.1, 0.15) is 0 Å². The molecule has 8 heteroatoms. The van der Waals surface area contributed by atoms with E-state index in [4.69, 9.17) is 23.7 Å². The zero-order chi connectivity index (χ0) is 20.9. The number of carbonyl (C=O) groups is 1. The van der Waals surface area contributed by atoms with E-state index in [-0.39, 0.29) is 18.7 Å². The minimum Gasteiger partial charge on any atom is -0.493 e. The summed E-state index contributed by atoms with van der Waals surface area (Å²) in [6.07, 6.45) is 0. The van der Waals surface area contributed by atoms with E-state index in [1.165, 1.54) is 0 Å². The molecule has 1 amide bonds. The lowest BCUT2D eigenvalue weighted by atomic mass is 10.0. The number of nitrogens with zero attached hydrogens (tertiary/aromatic N) is 1. The maximum atomic E-state index is 12.8. The van der Waals surface area contributed by atoms with Crippen molar-refractivity contribution in [2.45, 2.75) is 6.04 Å². The molecule has 160 valence electrons. The number of nitrogens with one attached hydrogen (secondary N) is 1. The monoisotopic (exact) mass is 414 g/mol. The van der Waals surface area contributed by atoms with Gasteiger partial charge >= 0.3 is 0 Å². The number of ether oxygens (including phenoxy) is 5. The quantitative estimate of drug-likeness (QED) is 0.744. The van der Waals surface area contributed by atoms with Crippen LogP contribution in [0.5, 0.6) is 23.0 Å². The number of hydrogen-bond acceptors (Lipinski definition) is 7. The van der Waals surface area contributed by atoms with Crippen molar-refractivity contribution in [2.24, 2.45) is 0 Å². The molecule has 0 aromatic heterocycles. The van der Waals surface area contributed by atoms with Crippen LogP contribution in [0.3, 0.4) is 0 Å². The van der Waals surface area contributed by atoms with Gasteiger partial charge in [0.25, 0.3) is 5.91 Å². The molecule has 4 rings (SSSR count). The molecule has 2 aliphatic rings. The van der Waals surface area contributed by atoms with E-state index in [0.717, 1.165) is 30.2 Å². The van der Waals surface area contributed by atoms with E-state index in [1.807, 2.05) is 18.2 Å². The first kappa shape index (κ1) is 20.3. The average Bonchev–Trinajstić information content (AvgIpc) is 3.27. The molecule has 0 unspecified atom stereocenters. The van der Waals surface area contributed by atoms with Gasteiger partial charge in [0.15, 0.2) is 23.0 Å². The van der Waals surface area contributed by atoms with Crippen LogP contribution >= 0.6 is 0 Å². The highest BCUT2D eigenvalue weighted by Gasteiger charge is 2.25. The normalized spacial score (nSPS) is 16.7. The molecule has 2 aliphatic heterocycles. The molecule has 1 saturated heterocycles. The number of benzene rings is 2. The first-order valence-electron chi connectivity index (χ1n) is 9.91. The van der Waals surface area contributed by atoms with Gasteiger partial charge in [-0.3, -0.25) is 9.69 Å². The smallest absolute Gasteiger partial charge is 0.251 e. The molecule has 2 aromatic rings. The number of carbonyl (C=O) groups excluding carboxylic acids is 1. The van der Waals surface area contributed by atoms with Crippen LogP contribution < -0.4 is 24.3 Å². The van der Waals surface area contributed by atoms with Crippen LogP contribution in [0, 0.1) is 0 Å². The summed E-state index contributed by atoms with van der Waals surface area (Å²) in [7, 11) is 3.11. The van der Waals surface area contributed by atoms with Crippen molar-refractivity contribution in [1.82, 2.24) is 10.2 Å². The molecule has 0 aliphatic carbocycles. The second kappa shape index (κ2) is 9.23. The molecular formula is C22H26N2O6. The number of rotatable bonds is 7. The Kier molecular flexibility index (Phi) is 6.25. The molecule has 1 N–H and O–H groups in total. The van der Waals surface area contributed by atoms with Crippen LogP contribution in [0.4, 0.5) is 0 Å². The van der Waals surface area contributed by atoms with Crippen LogP contribution in [-0.2, 0) is 4.74 Å². The molecule has 0 saturated carbocycles. The molecule has 8 nitrogen and oxygen atoms in total. The van der Waals surface area contributed by atoms with Gasteiger partial charge in [-0.15, -0.1) is 0 Å². The first-order valence-corrected chi connectivity index (χ1v) is 9.91. The summed E-state index contributed by atoms with van der Waals surface area (Å²) in [5, 5.41) is 3.06. The van der Waals surface area contributed by atoms with E-state index in [1.54, 1.807) is 32.4 Å². The Balaban J connectivity index is 1.51. The zero-order valence-electron chi connectivity index (χ0n) is 17.2. The average molecular weight is 414 g/mol. The third-order valence-electron chi connectivity index (χ3n) is 5.37. The topological polar surface area (TPSA) is 78.5 Å². The SMILES string of the molecule is COc1ccc(C(=O)NC[C@H](c2ccc3c(c2)OCO3)N2CCOCC2)cc1OC. The maximum Gasteiger partial charge on any atom is 0.251 e. The molecule has 2 heterocycles. The van der Waals surface area contributed by atoms with Crippen LogP contribution in [0.2, 0.25) is 0 Å². The van der Waals surface area contributed by atoms with Gasteiger partial charge < -0.3 is 29.0 Å². The van der Waals surface area contributed by atoms with Crippen molar-refractivity contribution >= 4 is 5.91 Å². The number of fused-ring (bicyclic) bond motifs is 1. The van der Waals surface area contributed by atoms with E-state index in [0.29, 0.717) is 36.8 Å². The first-order chi connectivity index (χ1) is 14.7. The van der Waals surface area contributed by atoms with Crippen LogP contribution in [-0.4, -0.2) is 64.7 Å². The van der Waals surface area contributed by atoms with Gasteiger partial charge in [-0.25, -0.2) is 0 Å². The van der Waals surface area contributed by atoms with Gasteiger partial charge in [-0.1, -0.05) is 6.07 Å². The van der Waals surface area contributed by atoms with Gasteiger partial charge in [-0.05, 0) is 35.9 Å². The summed E-state index contributed by atoms with van der Waals surface area (Å²) < 4.78 is 27.0. The molecule has 0 bridgehead atoms. The van der Waals surface area contributed by atoms with Crippen molar-refractivity contribution in [1.29, 1.82) is 0 Å². The number of amides is 1. The fourth-order valence-electron chi connectivity index (χ4n) is 3.74. The summed E-state index contributed by atoms with van der Waals surface area (Å²) in [6.45, 7) is 3.62. The van der Waals surface area contributed by atoms with E-state index >= 15 is 0 Å². The standard InChI is InChI=1S/C22H26N2O6/c1-26-18-5-4-16(12-20(18)27-2)22(25)23-13-17(24-7-9-28-10-8-24)15-3-6-19-21(11-15)30-14-29-19/h3-6,11-12,17H,7-10,13-14H2,1-2H3,(H,23,25)/t17-/m1/s1. The number of methoxy groups -OCH3 is 2. The van der Waals surface area contributed by atoms with Crippen molar-refractivity contribution < 1.29 is 28.5 Å². The second-order valence-corrected chi connectivity index (χ2v) is 7.06. The van der Waals surface area contributed by atoms with Gasteiger partial charge in [0, 0.05) is 25.2 Å². The van der Waals surface area contributed by atoms with Crippen molar-refractivity contribution in [3.8, 4) is 23.0 Å². The lowest BCUT2D eigenvalue weighted by molar-refractivity contribution is 0.0162. The minimum absolute atomic E-state index is 0.00695. The molecule has 0 radical (unpaired) electrons. The van der Waals surface area contributed by atoms with E-state index < -0.39 is 0 Å². The van der Waals surface area contributed by atoms with Gasteiger partial charge in [0.05, 0.1) is 33.5 Å². The van der Waals surface area contributed by atoms with Crippen LogP contribution in [0.15, 0.2) is 36.4 Å². The number of morpholine rings is 1. The third-order valence-corrected chi connectivity index (χ3v) is 5.37. The summed E-state index contributed by atoms with van der Waals surface area (Å²) in [4.78, 5) is 15.1. The lowest BCUT2D eigenvalue weighted by Gasteiger charge is -2.35. The zero-order valence-corrected chi connectivity index (χ0v) is 17.2. The van der Waals surface area contributed by atoms with Gasteiger partial charge in [0.2, 0.25) is 6.79 Å². The van der Waals surface area contributed by atoms with E-state index in [9.17, 15) is 4.79 Å². The van der Waals surface area contributed by atoms with Crippen molar-refractivity contribution in [2.75, 3.05) is 53.9 Å². The Hall–Kier alpha value is -2.97. The Morgan fingerprint density at radius 3 is 2.57 bits per heavy atom. The summed E-state index contributed by atoms with van der Waals surface area (Å²) in [6, 6.07) is 11.1. The molecule has 0 spiro atoms. The Morgan fingerprint density at radius 1 is 1.03 bits per heavy atom. The maximum absolute atomic E-state index is 12.8. The highest BCUT2D eigenvalue weighted by molar-refractivity contribution is 5.94. The van der Waals surface area contributed by atoms with Crippen molar-refractivity contribution in [3.05, 3.63) is 47.5 Å². The largest absolute Gasteiger partial charge is 0.493 e. The fourth-order valence-corrected chi connectivity index (χ4v) is 3.74. The summed E-state index contributed by atoms with van der Waals surface area (Å²) in [5.74, 6) is 2.41. The predicted molar refractivity (Wildman–Crippen MR) is 110 cm³/mol. The molecule has 30 heavy (non-hydrogen) atoms. The Labute approximate surface area is 175 Å². The molecule has 1 atom stereocenters. The third kappa shape index (κ3) is 4.29. The van der Waals surface area contributed by atoms with Crippen molar-refractivity contribution in [3.63, 3.8) is 0 Å². The minimum atomic E-state index is -0.171. The van der Waals surface area contributed by atoms with Gasteiger partial charge in [-0.2, -0.15) is 0 Å². The molecule has 2 aromatic carbocycles. The lowest BCUT2D eigenvalue weighted by Crippen LogP contribution is -2.43.